The molecule has 0 amide bonds. The van der Waals surface area contributed by atoms with E-state index < -0.39 is 0 Å². The van der Waals surface area contributed by atoms with E-state index in [1.165, 1.54) is 0 Å². The van der Waals surface area contributed by atoms with Crippen molar-refractivity contribution in [3.05, 3.63) is 42.7 Å². The van der Waals surface area contributed by atoms with Gasteiger partial charge in [0.2, 0.25) is 0 Å². The van der Waals surface area contributed by atoms with E-state index in [9.17, 15) is 0 Å². The molecule has 1 fully saturated rings. The molecular formula is C18H21N3O2. The van der Waals surface area contributed by atoms with Crippen LogP contribution in [0.25, 0.3) is 11.1 Å². The van der Waals surface area contributed by atoms with Crippen LogP contribution in [0.5, 0.6) is 5.75 Å². The zero-order valence-corrected chi connectivity index (χ0v) is 13.2. The SMILES string of the molecule is COc1c(N)cccc1-c1cnn(C2CC[C@@]23CC=CCO3)c1. The maximum atomic E-state index is 6.06. The first-order chi connectivity index (χ1) is 11.2. The van der Waals surface area contributed by atoms with Crippen LogP contribution in [0.4, 0.5) is 5.69 Å². The summed E-state index contributed by atoms with van der Waals surface area (Å²) in [6, 6.07) is 6.08. The summed E-state index contributed by atoms with van der Waals surface area (Å²) in [7, 11) is 1.64. The molecule has 1 saturated carbocycles. The Labute approximate surface area is 135 Å². The molecule has 5 nitrogen and oxygen atoms in total. The van der Waals surface area contributed by atoms with Gasteiger partial charge in [0.15, 0.2) is 0 Å². The summed E-state index contributed by atoms with van der Waals surface area (Å²) in [4.78, 5) is 0. The fourth-order valence-electron chi connectivity index (χ4n) is 3.66. The van der Waals surface area contributed by atoms with E-state index in [0.29, 0.717) is 24.1 Å². The third-order valence-corrected chi connectivity index (χ3v) is 5.03. The normalized spacial score (nSPS) is 26.2. The smallest absolute Gasteiger partial charge is 0.149 e. The van der Waals surface area contributed by atoms with Crippen LogP contribution in [0.3, 0.4) is 0 Å². The van der Waals surface area contributed by atoms with Crippen LogP contribution in [0.15, 0.2) is 42.7 Å². The molecule has 1 aliphatic heterocycles. The average molecular weight is 311 g/mol. The zero-order chi connectivity index (χ0) is 15.9. The van der Waals surface area contributed by atoms with E-state index in [1.54, 1.807) is 7.11 Å². The van der Waals surface area contributed by atoms with Gasteiger partial charge in [-0.15, -0.1) is 0 Å². The lowest BCUT2D eigenvalue weighted by molar-refractivity contribution is -0.136. The van der Waals surface area contributed by atoms with E-state index >= 15 is 0 Å². The molecule has 0 saturated heterocycles. The van der Waals surface area contributed by atoms with Crippen molar-refractivity contribution < 1.29 is 9.47 Å². The summed E-state index contributed by atoms with van der Waals surface area (Å²) < 4.78 is 13.6. The number of nitrogens with two attached hydrogens (primary N) is 1. The highest BCUT2D eigenvalue weighted by molar-refractivity contribution is 5.76. The fourth-order valence-corrected chi connectivity index (χ4v) is 3.66. The van der Waals surface area contributed by atoms with Crippen molar-refractivity contribution >= 4 is 5.69 Å². The Morgan fingerprint density at radius 1 is 1.39 bits per heavy atom. The number of hydrogen-bond acceptors (Lipinski definition) is 4. The van der Waals surface area contributed by atoms with Gasteiger partial charge < -0.3 is 15.2 Å². The molecule has 0 radical (unpaired) electrons. The second-order valence-electron chi connectivity index (χ2n) is 6.24. The highest BCUT2D eigenvalue weighted by Crippen LogP contribution is 2.49. The predicted octanol–water partition coefficient (Wildman–Crippen LogP) is 3.19. The molecule has 0 bridgehead atoms. The number of anilines is 1. The number of ether oxygens (including phenoxy) is 2. The maximum Gasteiger partial charge on any atom is 0.149 e. The molecular weight excluding hydrogens is 290 g/mol. The fraction of sp³-hybridized carbons (Fsp3) is 0.389. The molecule has 2 heterocycles. The van der Waals surface area contributed by atoms with Gasteiger partial charge in [0.05, 0.1) is 37.2 Å². The number of hydrogen-bond donors (Lipinski definition) is 1. The first-order valence-electron chi connectivity index (χ1n) is 7.99. The van der Waals surface area contributed by atoms with Gasteiger partial charge in [-0.1, -0.05) is 24.3 Å². The van der Waals surface area contributed by atoms with Crippen molar-refractivity contribution in [2.45, 2.75) is 30.9 Å². The molecule has 1 unspecified atom stereocenters. The van der Waals surface area contributed by atoms with Gasteiger partial charge in [0.25, 0.3) is 0 Å². The number of nitrogen functional groups attached to an aromatic ring is 1. The molecule has 2 N–H and O–H groups in total. The molecule has 2 aliphatic rings. The van der Waals surface area contributed by atoms with Crippen molar-refractivity contribution in [2.75, 3.05) is 19.5 Å². The van der Waals surface area contributed by atoms with Crippen LogP contribution in [0, 0.1) is 0 Å². The Bertz CT molecular complexity index is 752. The van der Waals surface area contributed by atoms with Gasteiger partial charge in [-0.3, -0.25) is 4.68 Å². The predicted molar refractivity (Wildman–Crippen MR) is 89.3 cm³/mol. The molecule has 4 rings (SSSR count). The lowest BCUT2D eigenvalue weighted by Crippen LogP contribution is -2.51. The third-order valence-electron chi connectivity index (χ3n) is 5.03. The van der Waals surface area contributed by atoms with Gasteiger partial charge in [-0.2, -0.15) is 5.10 Å². The van der Waals surface area contributed by atoms with Crippen LogP contribution in [0.1, 0.15) is 25.3 Å². The first-order valence-corrected chi connectivity index (χ1v) is 7.99. The van der Waals surface area contributed by atoms with Crippen molar-refractivity contribution in [1.29, 1.82) is 0 Å². The third kappa shape index (κ3) is 2.23. The Kier molecular flexibility index (Phi) is 3.38. The number of aromatic nitrogens is 2. The Morgan fingerprint density at radius 2 is 2.30 bits per heavy atom. The van der Waals surface area contributed by atoms with E-state index in [1.807, 2.05) is 29.1 Å². The summed E-state index contributed by atoms with van der Waals surface area (Å²) in [6.07, 6.45) is 11.4. The van der Waals surface area contributed by atoms with E-state index in [4.69, 9.17) is 15.2 Å². The second kappa shape index (κ2) is 5.42. The quantitative estimate of drug-likeness (QED) is 0.698. The van der Waals surface area contributed by atoms with Gasteiger partial charge in [-0.25, -0.2) is 0 Å². The van der Waals surface area contributed by atoms with Crippen LogP contribution < -0.4 is 10.5 Å². The molecule has 23 heavy (non-hydrogen) atoms. The van der Waals surface area contributed by atoms with Gasteiger partial charge >= 0.3 is 0 Å². The number of benzene rings is 1. The molecule has 2 atom stereocenters. The van der Waals surface area contributed by atoms with Crippen LogP contribution in [-0.2, 0) is 4.74 Å². The molecule has 1 spiro atoms. The molecule has 120 valence electrons. The first kappa shape index (κ1) is 14.3. The van der Waals surface area contributed by atoms with Crippen LogP contribution >= 0.6 is 0 Å². The standard InChI is InChI=1S/C18H21N3O2/c1-22-17-14(5-4-6-15(17)19)13-11-20-21(12-13)16-7-9-18(16)8-2-3-10-23-18/h2-6,11-12,16H,7-10,19H2,1H3/t16?,18-/m0/s1. The lowest BCUT2D eigenvalue weighted by Gasteiger charge is -2.49. The van der Waals surface area contributed by atoms with Gasteiger partial charge in [0, 0.05) is 17.3 Å². The average Bonchev–Trinajstić information content (AvgIpc) is 3.03. The summed E-state index contributed by atoms with van der Waals surface area (Å²) in [5.74, 6) is 0.701. The number of methoxy groups -OCH3 is 1. The van der Waals surface area contributed by atoms with Gasteiger partial charge in [-0.05, 0) is 25.3 Å². The topological polar surface area (TPSA) is 62.3 Å². The van der Waals surface area contributed by atoms with E-state index in [2.05, 4.69) is 23.4 Å². The molecule has 2 aromatic rings. The minimum atomic E-state index is -0.0716. The second-order valence-corrected chi connectivity index (χ2v) is 6.24. The largest absolute Gasteiger partial charge is 0.494 e. The highest BCUT2D eigenvalue weighted by atomic mass is 16.5. The molecule has 1 aliphatic carbocycles. The number of nitrogens with zero attached hydrogens (tertiary/aromatic N) is 2. The monoisotopic (exact) mass is 311 g/mol. The maximum absolute atomic E-state index is 6.06. The summed E-state index contributed by atoms with van der Waals surface area (Å²) in [5.41, 5.74) is 8.56. The molecule has 5 heteroatoms. The number of rotatable bonds is 3. The highest BCUT2D eigenvalue weighted by Gasteiger charge is 2.49. The number of para-hydroxylation sites is 1. The minimum Gasteiger partial charge on any atom is -0.494 e. The lowest BCUT2D eigenvalue weighted by atomic mass is 9.71. The molecule has 1 aromatic carbocycles. The molecule has 1 aromatic heterocycles. The van der Waals surface area contributed by atoms with Crippen molar-refractivity contribution in [1.82, 2.24) is 9.78 Å². The minimum absolute atomic E-state index is 0.0716. The van der Waals surface area contributed by atoms with Gasteiger partial charge in [0.1, 0.15) is 5.75 Å². The summed E-state index contributed by atoms with van der Waals surface area (Å²) in [6.45, 7) is 0.702. The van der Waals surface area contributed by atoms with E-state index in [-0.39, 0.29) is 5.60 Å². The van der Waals surface area contributed by atoms with Crippen LogP contribution in [-0.4, -0.2) is 29.1 Å². The summed E-state index contributed by atoms with van der Waals surface area (Å²) >= 11 is 0. The van der Waals surface area contributed by atoms with E-state index in [0.717, 1.165) is 30.4 Å². The Balaban J connectivity index is 1.65. The van der Waals surface area contributed by atoms with Crippen molar-refractivity contribution in [2.24, 2.45) is 0 Å². The Hall–Kier alpha value is -2.27. The summed E-state index contributed by atoms with van der Waals surface area (Å²) in [5, 5.41) is 4.59. The van der Waals surface area contributed by atoms with Crippen LogP contribution in [0.2, 0.25) is 0 Å². The Morgan fingerprint density at radius 3 is 3.00 bits per heavy atom. The van der Waals surface area contributed by atoms with Crippen molar-refractivity contribution in [3.63, 3.8) is 0 Å². The zero-order valence-electron chi connectivity index (χ0n) is 13.2. The van der Waals surface area contributed by atoms with Crippen molar-refractivity contribution in [3.8, 4) is 16.9 Å².